The summed E-state index contributed by atoms with van der Waals surface area (Å²) in [6.45, 7) is 0.230. The fraction of sp³-hybridized carbons (Fsp3) is 0.182. The van der Waals surface area contributed by atoms with Crippen LogP contribution >= 0.6 is 0 Å². The van der Waals surface area contributed by atoms with Crippen molar-refractivity contribution in [3.05, 3.63) is 33.9 Å². The van der Waals surface area contributed by atoms with Crippen molar-refractivity contribution in [2.75, 3.05) is 6.61 Å². The second-order valence-electron chi connectivity index (χ2n) is 3.04. The van der Waals surface area contributed by atoms with E-state index in [1.807, 2.05) is 0 Å². The van der Waals surface area contributed by atoms with Crippen LogP contribution in [0.1, 0.15) is 16.8 Å². The molecule has 1 N–H and O–H groups in total. The van der Waals surface area contributed by atoms with Crippen LogP contribution in [0.15, 0.2) is 18.2 Å². The Morgan fingerprint density at radius 3 is 2.82 bits per heavy atom. The summed E-state index contributed by atoms with van der Waals surface area (Å²) in [5.74, 6) is 1.22. The molecule has 0 aliphatic heterocycles. The van der Waals surface area contributed by atoms with E-state index in [1.54, 1.807) is 0 Å². The summed E-state index contributed by atoms with van der Waals surface area (Å²) in [6.07, 6.45) is 5.40. The molecule has 0 aromatic heterocycles. The molecule has 0 fully saturated rings. The molecule has 88 valence electrons. The number of nitro groups is 1. The van der Waals surface area contributed by atoms with Gasteiger partial charge in [-0.3, -0.25) is 10.1 Å². The average Bonchev–Trinajstić information content (AvgIpc) is 2.29. The van der Waals surface area contributed by atoms with Gasteiger partial charge in [-0.25, -0.2) is 4.79 Å². The molecule has 0 aliphatic rings. The van der Waals surface area contributed by atoms with Crippen LogP contribution in [0.3, 0.4) is 0 Å². The number of carbonyl (C=O) groups is 1. The lowest BCUT2D eigenvalue weighted by Crippen LogP contribution is -2.04. The molecular formula is C11H9NO5. The van der Waals surface area contributed by atoms with Crippen LogP contribution in [0.25, 0.3) is 0 Å². The van der Waals surface area contributed by atoms with Crippen molar-refractivity contribution in [3.8, 4) is 18.1 Å². The van der Waals surface area contributed by atoms with Gasteiger partial charge in [-0.2, -0.15) is 0 Å². The molecule has 6 heteroatoms. The summed E-state index contributed by atoms with van der Waals surface area (Å²) in [5, 5.41) is 19.4. The Labute approximate surface area is 97.0 Å². The second kappa shape index (κ2) is 5.51. The minimum absolute atomic E-state index is 0.230. The molecule has 1 aromatic carbocycles. The predicted molar refractivity (Wildman–Crippen MR) is 59.0 cm³/mol. The Kier molecular flexibility index (Phi) is 4.06. The fourth-order valence-corrected chi connectivity index (χ4v) is 1.16. The normalized spacial score (nSPS) is 9.35. The number of carboxylic acid groups (broad SMARTS) is 1. The van der Waals surface area contributed by atoms with Crippen molar-refractivity contribution in [3.63, 3.8) is 0 Å². The minimum atomic E-state index is -1.38. The van der Waals surface area contributed by atoms with Gasteiger partial charge in [0.2, 0.25) is 0 Å². The molecule has 0 saturated heterocycles. The van der Waals surface area contributed by atoms with Crippen LogP contribution < -0.4 is 4.74 Å². The van der Waals surface area contributed by atoms with Crippen LogP contribution in [-0.2, 0) is 0 Å². The zero-order valence-corrected chi connectivity index (χ0v) is 8.75. The summed E-state index contributed by atoms with van der Waals surface area (Å²) in [6, 6.07) is 3.53. The van der Waals surface area contributed by atoms with Crippen molar-refractivity contribution in [1.82, 2.24) is 0 Å². The summed E-state index contributed by atoms with van der Waals surface area (Å²) in [7, 11) is 0. The summed E-state index contributed by atoms with van der Waals surface area (Å²) in [5.41, 5.74) is -0.880. The molecule has 0 saturated carbocycles. The van der Waals surface area contributed by atoms with Gasteiger partial charge in [-0.05, 0) is 6.07 Å². The highest BCUT2D eigenvalue weighted by atomic mass is 16.6. The lowest BCUT2D eigenvalue weighted by atomic mass is 10.1. The number of nitrogens with zero attached hydrogens (tertiary/aromatic N) is 1. The van der Waals surface area contributed by atoms with E-state index in [1.165, 1.54) is 6.07 Å². The summed E-state index contributed by atoms with van der Waals surface area (Å²) >= 11 is 0. The van der Waals surface area contributed by atoms with E-state index in [-0.39, 0.29) is 12.4 Å². The number of benzene rings is 1. The molecule has 6 nitrogen and oxygen atoms in total. The number of carboxylic acids is 1. The van der Waals surface area contributed by atoms with E-state index in [2.05, 4.69) is 5.92 Å². The van der Waals surface area contributed by atoms with Crippen LogP contribution in [-0.4, -0.2) is 22.6 Å². The van der Waals surface area contributed by atoms with Gasteiger partial charge in [-0.15, -0.1) is 12.3 Å². The van der Waals surface area contributed by atoms with Crippen molar-refractivity contribution < 1.29 is 19.6 Å². The van der Waals surface area contributed by atoms with Crippen molar-refractivity contribution >= 4 is 11.7 Å². The van der Waals surface area contributed by atoms with Gasteiger partial charge in [-0.1, -0.05) is 0 Å². The SMILES string of the molecule is C#CCCOc1ccc([N+](=O)[O-])c(C(=O)O)c1. The first-order valence-corrected chi connectivity index (χ1v) is 4.64. The molecule has 0 atom stereocenters. The van der Waals surface area contributed by atoms with E-state index in [9.17, 15) is 14.9 Å². The predicted octanol–water partition coefficient (Wildman–Crippen LogP) is 1.70. The van der Waals surface area contributed by atoms with E-state index in [4.69, 9.17) is 16.3 Å². The van der Waals surface area contributed by atoms with Crippen LogP contribution in [0.2, 0.25) is 0 Å². The van der Waals surface area contributed by atoms with Crippen LogP contribution in [0.5, 0.6) is 5.75 Å². The van der Waals surface area contributed by atoms with Gasteiger partial charge in [0.05, 0.1) is 11.5 Å². The van der Waals surface area contributed by atoms with Crippen molar-refractivity contribution in [2.45, 2.75) is 6.42 Å². The topological polar surface area (TPSA) is 89.7 Å². The lowest BCUT2D eigenvalue weighted by Gasteiger charge is -2.05. The maximum Gasteiger partial charge on any atom is 0.342 e. The first-order chi connectivity index (χ1) is 8.06. The number of aromatic carboxylic acids is 1. The van der Waals surface area contributed by atoms with Crippen LogP contribution in [0, 0.1) is 22.5 Å². The van der Waals surface area contributed by atoms with E-state index < -0.39 is 22.1 Å². The van der Waals surface area contributed by atoms with E-state index >= 15 is 0 Å². The molecule has 0 unspecified atom stereocenters. The number of ether oxygens (including phenoxy) is 1. The maximum absolute atomic E-state index is 10.8. The Balaban J connectivity index is 2.98. The highest BCUT2D eigenvalue weighted by Crippen LogP contribution is 2.24. The molecule has 1 rings (SSSR count). The third-order valence-corrected chi connectivity index (χ3v) is 1.91. The Hall–Kier alpha value is -2.55. The highest BCUT2D eigenvalue weighted by Gasteiger charge is 2.20. The summed E-state index contributed by atoms with van der Waals surface area (Å²) in [4.78, 5) is 20.6. The minimum Gasteiger partial charge on any atom is -0.493 e. The number of hydrogen-bond acceptors (Lipinski definition) is 4. The fourth-order valence-electron chi connectivity index (χ4n) is 1.16. The molecule has 0 spiro atoms. The standard InChI is InChI=1S/C11H9NO5/c1-2-3-6-17-8-4-5-10(12(15)16)9(7-8)11(13)14/h1,4-5,7H,3,6H2,(H,13,14). The number of nitro benzene ring substituents is 1. The lowest BCUT2D eigenvalue weighted by molar-refractivity contribution is -0.385. The van der Waals surface area contributed by atoms with E-state index in [0.717, 1.165) is 12.1 Å². The van der Waals surface area contributed by atoms with Gasteiger partial charge in [0, 0.05) is 18.6 Å². The zero-order chi connectivity index (χ0) is 12.8. The zero-order valence-electron chi connectivity index (χ0n) is 8.75. The molecule has 0 bridgehead atoms. The summed E-state index contributed by atoms with van der Waals surface area (Å²) < 4.78 is 5.14. The Morgan fingerprint density at radius 1 is 1.59 bits per heavy atom. The first-order valence-electron chi connectivity index (χ1n) is 4.64. The van der Waals surface area contributed by atoms with Gasteiger partial charge >= 0.3 is 5.97 Å². The molecular weight excluding hydrogens is 226 g/mol. The molecule has 0 radical (unpaired) electrons. The monoisotopic (exact) mass is 235 g/mol. The molecule has 0 heterocycles. The third-order valence-electron chi connectivity index (χ3n) is 1.91. The quantitative estimate of drug-likeness (QED) is 0.363. The molecule has 0 aliphatic carbocycles. The van der Waals surface area contributed by atoms with Crippen LogP contribution in [0.4, 0.5) is 5.69 Å². The van der Waals surface area contributed by atoms with Crippen molar-refractivity contribution in [1.29, 1.82) is 0 Å². The van der Waals surface area contributed by atoms with Gasteiger partial charge in [0.15, 0.2) is 0 Å². The number of rotatable bonds is 5. The Morgan fingerprint density at radius 2 is 2.29 bits per heavy atom. The van der Waals surface area contributed by atoms with E-state index in [0.29, 0.717) is 6.42 Å². The molecule has 17 heavy (non-hydrogen) atoms. The number of terminal acetylenes is 1. The average molecular weight is 235 g/mol. The highest BCUT2D eigenvalue weighted by molar-refractivity contribution is 5.92. The van der Waals surface area contributed by atoms with Crippen molar-refractivity contribution in [2.24, 2.45) is 0 Å². The Bertz CT molecular complexity index is 489. The molecule has 1 aromatic rings. The third kappa shape index (κ3) is 3.21. The van der Waals surface area contributed by atoms with Gasteiger partial charge < -0.3 is 9.84 Å². The second-order valence-corrected chi connectivity index (χ2v) is 3.04. The maximum atomic E-state index is 10.8. The molecule has 0 amide bonds. The smallest absolute Gasteiger partial charge is 0.342 e. The largest absolute Gasteiger partial charge is 0.493 e. The first kappa shape index (κ1) is 12.5. The van der Waals surface area contributed by atoms with Gasteiger partial charge in [0.25, 0.3) is 5.69 Å². The van der Waals surface area contributed by atoms with Gasteiger partial charge in [0.1, 0.15) is 11.3 Å². The number of hydrogen-bond donors (Lipinski definition) is 1.